The molecular weight excluding hydrogens is 536 g/mol. The first-order valence-electron chi connectivity index (χ1n) is 14.6. The number of piperazine rings is 1. The highest BCUT2D eigenvalue weighted by Gasteiger charge is 2.30. The lowest BCUT2D eigenvalue weighted by Crippen LogP contribution is -2.49. The molecule has 3 aromatic heterocycles. The predicted molar refractivity (Wildman–Crippen MR) is 162 cm³/mol. The molecule has 7 rings (SSSR count). The summed E-state index contributed by atoms with van der Waals surface area (Å²) in [6.07, 6.45) is 8.31. The fourth-order valence-corrected chi connectivity index (χ4v) is 6.73. The van der Waals surface area contributed by atoms with Gasteiger partial charge >= 0.3 is 0 Å². The van der Waals surface area contributed by atoms with E-state index >= 15 is 0 Å². The van der Waals surface area contributed by atoms with E-state index in [-0.39, 0.29) is 11.0 Å². The topological polar surface area (TPSA) is 93.1 Å². The number of fused-ring (bicyclic) bond motifs is 2. The molecule has 0 radical (unpaired) electrons. The van der Waals surface area contributed by atoms with Crippen LogP contribution in [0.25, 0.3) is 33.2 Å². The zero-order chi connectivity index (χ0) is 29.0. The summed E-state index contributed by atoms with van der Waals surface area (Å²) < 4.78 is 32.0. The molecule has 11 heteroatoms. The standard InChI is InChI=1S/C31H35F2N9/c1-39-11-13-41(14-12-39)22-7-9-23(10-8-22)42-17-24(27-29(34)35-18-36-30(27)42)19-3-5-21(6-4-19)37-31-38-26-16-20(32)15-25(33)28(26)40(31)2/h3-6,15-18,22-23H,7-14H2,1-2H3,(H,37,38)(H2,34,35,36)/t22-,23-. The Morgan fingerprint density at radius 3 is 2.36 bits per heavy atom. The predicted octanol–water partition coefficient (Wildman–Crippen LogP) is 5.32. The fraction of sp³-hybridized carbons (Fsp3) is 0.387. The highest BCUT2D eigenvalue weighted by molar-refractivity contribution is 6.00. The van der Waals surface area contributed by atoms with Crippen molar-refractivity contribution in [1.82, 2.24) is 33.9 Å². The van der Waals surface area contributed by atoms with Gasteiger partial charge < -0.3 is 25.1 Å². The first kappa shape index (κ1) is 26.8. The number of likely N-dealkylation sites (N-methyl/N-ethyl adjacent to an activating group) is 1. The van der Waals surface area contributed by atoms with Crippen LogP contribution in [0.3, 0.4) is 0 Å². The van der Waals surface area contributed by atoms with E-state index in [9.17, 15) is 8.78 Å². The average Bonchev–Trinajstić information content (AvgIpc) is 3.52. The van der Waals surface area contributed by atoms with Crippen LogP contribution in [0.2, 0.25) is 0 Å². The third-order valence-corrected chi connectivity index (χ3v) is 9.09. The van der Waals surface area contributed by atoms with Crippen LogP contribution in [-0.2, 0) is 7.05 Å². The lowest BCUT2D eigenvalue weighted by atomic mass is 9.89. The van der Waals surface area contributed by atoms with Crippen molar-refractivity contribution in [2.75, 3.05) is 44.3 Å². The number of anilines is 3. The Hall–Kier alpha value is -4.09. The molecule has 42 heavy (non-hydrogen) atoms. The van der Waals surface area contributed by atoms with Crippen LogP contribution in [0.1, 0.15) is 31.7 Å². The van der Waals surface area contributed by atoms with Gasteiger partial charge in [-0.05, 0) is 50.4 Å². The van der Waals surface area contributed by atoms with Gasteiger partial charge in [0.2, 0.25) is 5.95 Å². The maximum atomic E-state index is 14.4. The molecule has 2 aromatic carbocycles. The van der Waals surface area contributed by atoms with Crippen molar-refractivity contribution >= 4 is 39.5 Å². The second kappa shape index (κ2) is 10.6. The molecule has 0 bridgehead atoms. The third-order valence-electron chi connectivity index (χ3n) is 9.09. The van der Waals surface area contributed by atoms with E-state index in [0.717, 1.165) is 72.9 Å². The molecule has 0 atom stereocenters. The molecule has 3 N–H and O–H groups in total. The highest BCUT2D eigenvalue weighted by atomic mass is 19.1. The number of nitrogens with two attached hydrogens (primary N) is 1. The highest BCUT2D eigenvalue weighted by Crippen LogP contribution is 2.39. The maximum absolute atomic E-state index is 14.4. The fourth-order valence-electron chi connectivity index (χ4n) is 6.73. The molecule has 0 spiro atoms. The van der Waals surface area contributed by atoms with Crippen LogP contribution >= 0.6 is 0 Å². The summed E-state index contributed by atoms with van der Waals surface area (Å²) in [6.45, 7) is 4.60. The second-order valence-corrected chi connectivity index (χ2v) is 11.7. The SMILES string of the molecule is CN1CCN([C@H]2CC[C@H](n3cc(-c4ccc(Nc5nc6cc(F)cc(F)c6n5C)cc4)c4c(N)ncnc43)CC2)CC1. The number of hydrogen-bond acceptors (Lipinski definition) is 7. The minimum atomic E-state index is -0.653. The second-order valence-electron chi connectivity index (χ2n) is 11.7. The maximum Gasteiger partial charge on any atom is 0.208 e. The third kappa shape index (κ3) is 4.76. The summed E-state index contributed by atoms with van der Waals surface area (Å²) in [7, 11) is 3.90. The lowest BCUT2D eigenvalue weighted by molar-refractivity contribution is 0.0828. The molecule has 218 valence electrons. The largest absolute Gasteiger partial charge is 0.383 e. The molecule has 1 saturated carbocycles. The van der Waals surface area contributed by atoms with Gasteiger partial charge in [0.25, 0.3) is 0 Å². The van der Waals surface area contributed by atoms with Gasteiger partial charge in [-0.2, -0.15) is 0 Å². The number of benzene rings is 2. The number of aryl methyl sites for hydroxylation is 1. The molecule has 1 saturated heterocycles. The molecule has 0 amide bonds. The average molecular weight is 572 g/mol. The summed E-state index contributed by atoms with van der Waals surface area (Å²) in [4.78, 5) is 18.5. The van der Waals surface area contributed by atoms with E-state index in [4.69, 9.17) is 5.73 Å². The van der Waals surface area contributed by atoms with E-state index in [1.54, 1.807) is 17.9 Å². The Kier molecular flexibility index (Phi) is 6.78. The first-order chi connectivity index (χ1) is 20.4. The number of aromatic nitrogens is 5. The summed E-state index contributed by atoms with van der Waals surface area (Å²) in [5.74, 6) is -0.411. The Labute approximate surface area is 243 Å². The van der Waals surface area contributed by atoms with E-state index < -0.39 is 11.6 Å². The normalized spacial score (nSPS) is 20.5. The van der Waals surface area contributed by atoms with Crippen LogP contribution < -0.4 is 11.1 Å². The molecule has 2 fully saturated rings. The van der Waals surface area contributed by atoms with Gasteiger partial charge in [0.15, 0.2) is 5.82 Å². The Morgan fingerprint density at radius 1 is 0.905 bits per heavy atom. The van der Waals surface area contributed by atoms with Crippen molar-refractivity contribution in [3.05, 3.63) is 60.6 Å². The summed E-state index contributed by atoms with van der Waals surface area (Å²) in [5.41, 5.74) is 10.6. The van der Waals surface area contributed by atoms with Crippen molar-refractivity contribution in [2.45, 2.75) is 37.8 Å². The number of nitrogens with zero attached hydrogens (tertiary/aromatic N) is 7. The van der Waals surface area contributed by atoms with Gasteiger partial charge in [-0.1, -0.05) is 12.1 Å². The monoisotopic (exact) mass is 571 g/mol. The number of halogens is 2. The van der Waals surface area contributed by atoms with Gasteiger partial charge in [0.05, 0.1) is 10.9 Å². The minimum Gasteiger partial charge on any atom is -0.383 e. The first-order valence-corrected chi connectivity index (χ1v) is 14.6. The van der Waals surface area contributed by atoms with Crippen molar-refractivity contribution in [2.24, 2.45) is 7.05 Å². The van der Waals surface area contributed by atoms with Crippen LogP contribution in [-0.4, -0.2) is 73.2 Å². The zero-order valence-electron chi connectivity index (χ0n) is 23.9. The van der Waals surface area contributed by atoms with Gasteiger partial charge in [-0.3, -0.25) is 4.90 Å². The van der Waals surface area contributed by atoms with E-state index in [1.807, 2.05) is 24.3 Å². The Bertz CT molecular complexity index is 1740. The molecule has 1 aliphatic carbocycles. The number of rotatable bonds is 5. The summed E-state index contributed by atoms with van der Waals surface area (Å²) in [5, 5.41) is 4.10. The van der Waals surface area contributed by atoms with Gasteiger partial charge in [-0.15, -0.1) is 0 Å². The van der Waals surface area contributed by atoms with Gasteiger partial charge in [0, 0.05) is 74.9 Å². The van der Waals surface area contributed by atoms with Crippen LogP contribution in [0.5, 0.6) is 0 Å². The summed E-state index contributed by atoms with van der Waals surface area (Å²) >= 11 is 0. The van der Waals surface area contributed by atoms with Crippen LogP contribution in [0, 0.1) is 11.6 Å². The van der Waals surface area contributed by atoms with Crippen molar-refractivity contribution in [3.8, 4) is 11.1 Å². The van der Waals surface area contributed by atoms with Crippen LogP contribution in [0.4, 0.5) is 26.2 Å². The van der Waals surface area contributed by atoms with Crippen LogP contribution in [0.15, 0.2) is 48.9 Å². The molecule has 4 heterocycles. The molecular formula is C31H35F2N9. The summed E-state index contributed by atoms with van der Waals surface area (Å²) in [6, 6.07) is 11.0. The van der Waals surface area contributed by atoms with Crippen molar-refractivity contribution in [1.29, 1.82) is 0 Å². The quantitative estimate of drug-likeness (QED) is 0.295. The minimum absolute atomic E-state index is 0.247. The van der Waals surface area contributed by atoms with E-state index in [0.29, 0.717) is 23.8 Å². The molecule has 2 aliphatic rings. The van der Waals surface area contributed by atoms with Gasteiger partial charge in [-0.25, -0.2) is 23.7 Å². The van der Waals surface area contributed by atoms with Crippen molar-refractivity contribution < 1.29 is 8.78 Å². The Balaban J connectivity index is 1.13. The smallest absolute Gasteiger partial charge is 0.208 e. The number of nitrogen functional groups attached to an aromatic ring is 1. The lowest BCUT2D eigenvalue weighted by Gasteiger charge is -2.41. The Morgan fingerprint density at radius 2 is 1.62 bits per heavy atom. The molecule has 9 nitrogen and oxygen atoms in total. The number of imidazole rings is 1. The van der Waals surface area contributed by atoms with Gasteiger partial charge in [0.1, 0.15) is 29.1 Å². The zero-order valence-corrected chi connectivity index (χ0v) is 23.9. The van der Waals surface area contributed by atoms with E-state index in [2.05, 4.69) is 47.9 Å². The molecule has 5 aromatic rings. The van der Waals surface area contributed by atoms with E-state index in [1.165, 1.54) is 18.9 Å². The number of nitrogens with one attached hydrogen (secondary N) is 1. The molecule has 0 unspecified atom stereocenters. The number of hydrogen-bond donors (Lipinski definition) is 2. The molecule has 1 aliphatic heterocycles. The van der Waals surface area contributed by atoms with Crippen molar-refractivity contribution in [3.63, 3.8) is 0 Å².